The Hall–Kier alpha value is -1.58. The molecular formula is C36H66O4. The fourth-order valence-corrected chi connectivity index (χ4v) is 5.10. The van der Waals surface area contributed by atoms with E-state index in [1.807, 2.05) is 0 Å². The number of hydrogen-bond donors (Lipinski definition) is 1. The van der Waals surface area contributed by atoms with Crippen LogP contribution in [0.25, 0.3) is 0 Å². The lowest BCUT2D eigenvalue weighted by Crippen LogP contribution is -2.18. The van der Waals surface area contributed by atoms with E-state index in [-0.39, 0.29) is 18.5 Å². The highest BCUT2D eigenvalue weighted by Gasteiger charge is 2.14. The molecule has 0 amide bonds. The zero-order valence-electron chi connectivity index (χ0n) is 26.7. The van der Waals surface area contributed by atoms with Gasteiger partial charge in [-0.15, -0.1) is 0 Å². The molecule has 40 heavy (non-hydrogen) atoms. The second-order valence-electron chi connectivity index (χ2n) is 11.7. The van der Waals surface area contributed by atoms with Crippen molar-refractivity contribution in [3.8, 4) is 0 Å². The van der Waals surface area contributed by atoms with Crippen LogP contribution in [0.5, 0.6) is 0 Å². The van der Waals surface area contributed by atoms with E-state index >= 15 is 0 Å². The fraction of sp³-hybridized carbons (Fsp3) is 0.833. The third-order valence-electron chi connectivity index (χ3n) is 7.68. The number of unbranched alkanes of at least 4 members (excludes halogenated alkanes) is 18. The lowest BCUT2D eigenvalue weighted by molar-refractivity contribution is -0.150. The molecule has 234 valence electrons. The summed E-state index contributed by atoms with van der Waals surface area (Å²) in [5, 5.41) is 8.77. The van der Waals surface area contributed by atoms with Crippen molar-refractivity contribution in [2.75, 3.05) is 0 Å². The molecule has 0 aromatic carbocycles. The summed E-state index contributed by atoms with van der Waals surface area (Å²) in [6.07, 6.45) is 39.0. The molecule has 0 spiro atoms. The van der Waals surface area contributed by atoms with E-state index in [0.717, 1.165) is 77.0 Å². The average molecular weight is 563 g/mol. The quantitative estimate of drug-likeness (QED) is 0.0518. The predicted molar refractivity (Wildman–Crippen MR) is 172 cm³/mol. The van der Waals surface area contributed by atoms with Crippen molar-refractivity contribution in [2.45, 2.75) is 193 Å². The van der Waals surface area contributed by atoms with Gasteiger partial charge in [-0.2, -0.15) is 0 Å². The number of carbonyl (C=O) groups is 2. The molecule has 1 N–H and O–H groups in total. The van der Waals surface area contributed by atoms with Gasteiger partial charge in [-0.3, -0.25) is 9.59 Å². The van der Waals surface area contributed by atoms with E-state index in [1.54, 1.807) is 0 Å². The standard InChI is InChI=1S/C36H66O4/c1-3-5-7-9-11-12-13-14-15-16-17-18-20-25-29-33-36(39)40-34(30-26-22-19-10-8-6-4-2)31-27-23-21-24-28-32-35(37)38/h11-12,14-15,34H,3-10,13,16-33H2,1-2H3,(H,37,38)/b12-11-,15-14-. The summed E-state index contributed by atoms with van der Waals surface area (Å²) in [5.74, 6) is -0.717. The van der Waals surface area contributed by atoms with Crippen molar-refractivity contribution >= 4 is 11.9 Å². The molecule has 0 rings (SSSR count). The Morgan fingerprint density at radius 3 is 1.52 bits per heavy atom. The normalized spacial score (nSPS) is 12.4. The van der Waals surface area contributed by atoms with Crippen LogP contribution in [-0.2, 0) is 14.3 Å². The van der Waals surface area contributed by atoms with Crippen LogP contribution in [0, 0.1) is 0 Å². The summed E-state index contributed by atoms with van der Waals surface area (Å²) >= 11 is 0. The van der Waals surface area contributed by atoms with Crippen LogP contribution in [0.2, 0.25) is 0 Å². The summed E-state index contributed by atoms with van der Waals surface area (Å²) in [4.78, 5) is 23.2. The maximum atomic E-state index is 12.5. The van der Waals surface area contributed by atoms with Crippen LogP contribution in [-0.4, -0.2) is 23.1 Å². The lowest BCUT2D eigenvalue weighted by Gasteiger charge is -2.18. The maximum absolute atomic E-state index is 12.5. The Morgan fingerprint density at radius 2 is 0.975 bits per heavy atom. The number of ether oxygens (including phenoxy) is 1. The number of carbonyl (C=O) groups excluding carboxylic acids is 1. The molecule has 1 atom stereocenters. The van der Waals surface area contributed by atoms with Crippen LogP contribution < -0.4 is 0 Å². The second-order valence-corrected chi connectivity index (χ2v) is 11.7. The van der Waals surface area contributed by atoms with Crippen molar-refractivity contribution in [1.82, 2.24) is 0 Å². The highest BCUT2D eigenvalue weighted by molar-refractivity contribution is 5.69. The number of aliphatic carboxylic acids is 1. The van der Waals surface area contributed by atoms with E-state index in [0.29, 0.717) is 6.42 Å². The minimum Gasteiger partial charge on any atom is -0.481 e. The van der Waals surface area contributed by atoms with Crippen LogP contribution in [0.1, 0.15) is 187 Å². The van der Waals surface area contributed by atoms with E-state index in [4.69, 9.17) is 9.84 Å². The SMILES string of the molecule is CCCCC/C=C\C/C=C\CCCCCCCC(=O)OC(CCCCCCCCC)CCCCCCCC(=O)O. The van der Waals surface area contributed by atoms with Crippen LogP contribution in [0.15, 0.2) is 24.3 Å². The van der Waals surface area contributed by atoms with Crippen molar-refractivity contribution < 1.29 is 19.4 Å². The number of carboxylic acids is 1. The van der Waals surface area contributed by atoms with E-state index < -0.39 is 5.97 Å². The van der Waals surface area contributed by atoms with E-state index in [1.165, 1.54) is 83.5 Å². The molecule has 4 heteroatoms. The van der Waals surface area contributed by atoms with Crippen LogP contribution in [0.3, 0.4) is 0 Å². The Labute approximate surface area is 248 Å². The van der Waals surface area contributed by atoms with E-state index in [9.17, 15) is 9.59 Å². The highest BCUT2D eigenvalue weighted by atomic mass is 16.5. The lowest BCUT2D eigenvalue weighted by atomic mass is 10.0. The van der Waals surface area contributed by atoms with Crippen molar-refractivity contribution in [3.05, 3.63) is 24.3 Å². The molecule has 0 saturated carbocycles. The molecule has 4 nitrogen and oxygen atoms in total. The van der Waals surface area contributed by atoms with Gasteiger partial charge in [-0.05, 0) is 70.6 Å². The first kappa shape index (κ1) is 38.4. The molecule has 0 aliphatic heterocycles. The zero-order chi connectivity index (χ0) is 29.4. The first-order valence-electron chi connectivity index (χ1n) is 17.3. The molecule has 0 radical (unpaired) electrons. The number of hydrogen-bond acceptors (Lipinski definition) is 3. The Bertz CT molecular complexity index is 610. The second kappa shape index (κ2) is 31.9. The molecular weight excluding hydrogens is 496 g/mol. The Balaban J connectivity index is 3.99. The van der Waals surface area contributed by atoms with Gasteiger partial charge in [-0.25, -0.2) is 0 Å². The molecule has 0 fully saturated rings. The van der Waals surface area contributed by atoms with Crippen LogP contribution in [0.4, 0.5) is 0 Å². The van der Waals surface area contributed by atoms with Crippen LogP contribution >= 0.6 is 0 Å². The highest BCUT2D eigenvalue weighted by Crippen LogP contribution is 2.18. The van der Waals surface area contributed by atoms with Gasteiger partial charge in [0, 0.05) is 12.8 Å². The first-order valence-corrected chi connectivity index (χ1v) is 17.3. The average Bonchev–Trinajstić information content (AvgIpc) is 2.93. The summed E-state index contributed by atoms with van der Waals surface area (Å²) in [6, 6.07) is 0. The largest absolute Gasteiger partial charge is 0.481 e. The Morgan fingerprint density at radius 1 is 0.550 bits per heavy atom. The van der Waals surface area contributed by atoms with Gasteiger partial charge in [0.15, 0.2) is 0 Å². The molecule has 0 aromatic rings. The minimum absolute atomic E-state index is 0.0138. The molecule has 0 bridgehead atoms. The summed E-state index contributed by atoms with van der Waals surface area (Å²) in [7, 11) is 0. The molecule has 1 unspecified atom stereocenters. The van der Waals surface area contributed by atoms with Gasteiger partial charge in [0.2, 0.25) is 0 Å². The van der Waals surface area contributed by atoms with Gasteiger partial charge in [-0.1, -0.05) is 128 Å². The third kappa shape index (κ3) is 31.0. The minimum atomic E-state index is -0.703. The third-order valence-corrected chi connectivity index (χ3v) is 7.68. The van der Waals surface area contributed by atoms with Gasteiger partial charge in [0.25, 0.3) is 0 Å². The monoisotopic (exact) mass is 562 g/mol. The van der Waals surface area contributed by atoms with Crippen molar-refractivity contribution in [1.29, 1.82) is 0 Å². The Kier molecular flexibility index (Phi) is 30.7. The number of esters is 1. The molecule has 0 heterocycles. The van der Waals surface area contributed by atoms with Gasteiger partial charge in [0.1, 0.15) is 6.10 Å². The zero-order valence-corrected chi connectivity index (χ0v) is 26.7. The summed E-state index contributed by atoms with van der Waals surface area (Å²) in [5.41, 5.74) is 0. The number of allylic oxidation sites excluding steroid dienone is 4. The number of rotatable bonds is 31. The van der Waals surface area contributed by atoms with E-state index in [2.05, 4.69) is 38.2 Å². The first-order chi connectivity index (χ1) is 19.6. The molecule has 0 aliphatic rings. The summed E-state index contributed by atoms with van der Waals surface area (Å²) in [6.45, 7) is 4.50. The molecule has 0 saturated heterocycles. The number of carboxylic acid groups (broad SMARTS) is 1. The predicted octanol–water partition coefficient (Wildman–Crippen LogP) is 11.7. The van der Waals surface area contributed by atoms with Crippen molar-refractivity contribution in [2.24, 2.45) is 0 Å². The maximum Gasteiger partial charge on any atom is 0.306 e. The summed E-state index contributed by atoms with van der Waals surface area (Å²) < 4.78 is 5.94. The smallest absolute Gasteiger partial charge is 0.306 e. The van der Waals surface area contributed by atoms with Gasteiger partial charge >= 0.3 is 11.9 Å². The fourth-order valence-electron chi connectivity index (χ4n) is 5.10. The van der Waals surface area contributed by atoms with Crippen molar-refractivity contribution in [3.63, 3.8) is 0 Å². The molecule has 0 aliphatic carbocycles. The molecule has 0 aromatic heterocycles. The van der Waals surface area contributed by atoms with Gasteiger partial charge in [0.05, 0.1) is 0 Å². The van der Waals surface area contributed by atoms with Gasteiger partial charge < -0.3 is 9.84 Å². The topological polar surface area (TPSA) is 63.6 Å².